The fourth-order valence-electron chi connectivity index (χ4n) is 3.28. The van der Waals surface area contributed by atoms with Gasteiger partial charge in [-0.15, -0.1) is 12.4 Å². The van der Waals surface area contributed by atoms with Crippen LogP contribution in [-0.2, 0) is 9.84 Å². The van der Waals surface area contributed by atoms with Crippen molar-refractivity contribution in [2.45, 2.75) is 38.6 Å². The average Bonchev–Trinajstić information content (AvgIpc) is 2.71. The lowest BCUT2D eigenvalue weighted by Crippen LogP contribution is -2.32. The molecule has 0 spiro atoms. The standard InChI is InChI=1S/C20H28N4O5S.ClH/c1-12(2)14-9-16(27-3)17(28-4)10-15(14)29-18-11-22-20(24-19(18)21)23-13-5-7-30(25,26)8-6-13;/h9-13H,5-8H2,1-4H3,(H3,21,22,23,24);1H. The van der Waals surface area contributed by atoms with Crippen molar-refractivity contribution in [3.05, 3.63) is 23.9 Å². The number of benzene rings is 1. The summed E-state index contributed by atoms with van der Waals surface area (Å²) < 4.78 is 39.9. The van der Waals surface area contributed by atoms with Crippen LogP contribution in [-0.4, -0.2) is 50.2 Å². The molecule has 0 amide bonds. The van der Waals surface area contributed by atoms with Crippen LogP contribution in [0.5, 0.6) is 23.0 Å². The van der Waals surface area contributed by atoms with E-state index in [9.17, 15) is 8.42 Å². The van der Waals surface area contributed by atoms with Crippen molar-refractivity contribution < 1.29 is 22.6 Å². The van der Waals surface area contributed by atoms with E-state index in [1.54, 1.807) is 20.3 Å². The first-order valence-electron chi connectivity index (χ1n) is 9.75. The molecule has 0 bridgehead atoms. The monoisotopic (exact) mass is 472 g/mol. The lowest BCUT2D eigenvalue weighted by molar-refractivity contribution is 0.350. The van der Waals surface area contributed by atoms with Crippen LogP contribution in [0.25, 0.3) is 0 Å². The summed E-state index contributed by atoms with van der Waals surface area (Å²) in [7, 11) is 0.222. The second kappa shape index (κ2) is 10.2. The van der Waals surface area contributed by atoms with E-state index in [-0.39, 0.29) is 41.7 Å². The average molecular weight is 473 g/mol. The van der Waals surface area contributed by atoms with Crippen molar-refractivity contribution in [1.82, 2.24) is 9.97 Å². The number of hydrogen-bond acceptors (Lipinski definition) is 9. The number of anilines is 2. The van der Waals surface area contributed by atoms with Crippen LogP contribution in [0.1, 0.15) is 38.2 Å². The quantitative estimate of drug-likeness (QED) is 0.623. The number of nitrogens with two attached hydrogens (primary N) is 1. The fraction of sp³-hybridized carbons (Fsp3) is 0.500. The van der Waals surface area contributed by atoms with Crippen molar-refractivity contribution in [1.29, 1.82) is 0 Å². The van der Waals surface area contributed by atoms with Crippen molar-refractivity contribution in [3.8, 4) is 23.0 Å². The maximum Gasteiger partial charge on any atom is 0.225 e. The van der Waals surface area contributed by atoms with Crippen LogP contribution >= 0.6 is 12.4 Å². The van der Waals surface area contributed by atoms with Gasteiger partial charge in [0.25, 0.3) is 0 Å². The molecule has 1 fully saturated rings. The maximum absolute atomic E-state index is 11.6. The van der Waals surface area contributed by atoms with E-state index in [1.165, 1.54) is 6.20 Å². The number of methoxy groups -OCH3 is 2. The zero-order chi connectivity index (χ0) is 21.9. The Labute approximate surface area is 189 Å². The van der Waals surface area contributed by atoms with Gasteiger partial charge in [-0.25, -0.2) is 13.4 Å². The number of sulfone groups is 1. The Morgan fingerprint density at radius 1 is 1.06 bits per heavy atom. The number of hydrogen-bond donors (Lipinski definition) is 2. The highest BCUT2D eigenvalue weighted by atomic mass is 35.5. The minimum absolute atomic E-state index is 0. The first kappa shape index (κ1) is 24.8. The van der Waals surface area contributed by atoms with Gasteiger partial charge in [-0.3, -0.25) is 0 Å². The Balaban J connectivity index is 0.00000341. The van der Waals surface area contributed by atoms with E-state index in [1.807, 2.05) is 19.9 Å². The van der Waals surface area contributed by atoms with Crippen LogP contribution in [0.2, 0.25) is 0 Å². The summed E-state index contributed by atoms with van der Waals surface area (Å²) in [6.45, 7) is 4.09. The molecule has 2 heterocycles. The molecule has 31 heavy (non-hydrogen) atoms. The van der Waals surface area contributed by atoms with Crippen molar-refractivity contribution in [3.63, 3.8) is 0 Å². The number of aromatic nitrogens is 2. The molecular weight excluding hydrogens is 444 g/mol. The topological polar surface area (TPSA) is 126 Å². The molecule has 1 aliphatic rings. The molecule has 0 unspecified atom stereocenters. The molecule has 1 aromatic heterocycles. The molecule has 3 rings (SSSR count). The van der Waals surface area contributed by atoms with E-state index >= 15 is 0 Å². The van der Waals surface area contributed by atoms with E-state index in [0.717, 1.165) is 5.56 Å². The number of nitrogens with one attached hydrogen (secondary N) is 1. The fourth-order valence-corrected chi connectivity index (χ4v) is 4.77. The van der Waals surface area contributed by atoms with Gasteiger partial charge >= 0.3 is 0 Å². The van der Waals surface area contributed by atoms with Gasteiger partial charge in [0.1, 0.15) is 15.6 Å². The van der Waals surface area contributed by atoms with Crippen LogP contribution in [0.3, 0.4) is 0 Å². The van der Waals surface area contributed by atoms with E-state index in [4.69, 9.17) is 19.9 Å². The minimum atomic E-state index is -2.92. The summed E-state index contributed by atoms with van der Waals surface area (Å²) in [6, 6.07) is 3.63. The van der Waals surface area contributed by atoms with Gasteiger partial charge in [0.2, 0.25) is 5.95 Å². The highest BCUT2D eigenvalue weighted by molar-refractivity contribution is 7.91. The maximum atomic E-state index is 11.6. The number of nitrogen functional groups attached to an aromatic ring is 1. The molecule has 1 aromatic carbocycles. The van der Waals surface area contributed by atoms with Crippen LogP contribution in [0.15, 0.2) is 18.3 Å². The second-order valence-electron chi connectivity index (χ2n) is 7.52. The smallest absolute Gasteiger partial charge is 0.225 e. The van der Waals surface area contributed by atoms with E-state index in [2.05, 4.69) is 15.3 Å². The summed E-state index contributed by atoms with van der Waals surface area (Å²) in [5, 5.41) is 3.15. The highest BCUT2D eigenvalue weighted by Crippen LogP contribution is 2.40. The molecule has 0 atom stereocenters. The number of ether oxygens (including phenoxy) is 3. The largest absolute Gasteiger partial charge is 0.493 e. The van der Waals surface area contributed by atoms with Crippen LogP contribution in [0, 0.1) is 0 Å². The third-order valence-electron chi connectivity index (χ3n) is 5.03. The summed E-state index contributed by atoms with van der Waals surface area (Å²) in [4.78, 5) is 8.56. The number of rotatable bonds is 7. The van der Waals surface area contributed by atoms with Gasteiger partial charge < -0.3 is 25.3 Å². The number of nitrogens with zero attached hydrogens (tertiary/aromatic N) is 2. The summed E-state index contributed by atoms with van der Waals surface area (Å²) in [5.41, 5.74) is 7.03. The summed E-state index contributed by atoms with van der Waals surface area (Å²) in [5.74, 6) is 3.09. The SMILES string of the molecule is COc1cc(Oc2cnc(NC3CCS(=O)(=O)CC3)nc2N)c(C(C)C)cc1OC.Cl. The van der Waals surface area contributed by atoms with E-state index < -0.39 is 9.84 Å². The zero-order valence-corrected chi connectivity index (χ0v) is 19.7. The molecule has 172 valence electrons. The van der Waals surface area contributed by atoms with Gasteiger partial charge in [-0.2, -0.15) is 4.98 Å². The summed E-state index contributed by atoms with van der Waals surface area (Å²) in [6.07, 6.45) is 2.55. The summed E-state index contributed by atoms with van der Waals surface area (Å²) >= 11 is 0. The minimum Gasteiger partial charge on any atom is -0.493 e. The molecule has 9 nitrogen and oxygen atoms in total. The zero-order valence-electron chi connectivity index (χ0n) is 18.0. The molecule has 0 aliphatic carbocycles. The van der Waals surface area contributed by atoms with Gasteiger partial charge in [-0.05, 0) is 24.8 Å². The Bertz CT molecular complexity index is 1000. The Morgan fingerprint density at radius 2 is 1.68 bits per heavy atom. The van der Waals surface area contributed by atoms with Gasteiger partial charge in [0.15, 0.2) is 23.1 Å². The van der Waals surface area contributed by atoms with Crippen LogP contribution in [0.4, 0.5) is 11.8 Å². The lowest BCUT2D eigenvalue weighted by atomic mass is 10.0. The highest BCUT2D eigenvalue weighted by Gasteiger charge is 2.24. The molecule has 11 heteroatoms. The predicted molar refractivity (Wildman–Crippen MR) is 123 cm³/mol. The Hall–Kier alpha value is -2.46. The first-order valence-corrected chi connectivity index (χ1v) is 11.6. The molecule has 0 saturated carbocycles. The van der Waals surface area contributed by atoms with Crippen molar-refractivity contribution >= 4 is 34.0 Å². The third kappa shape index (κ3) is 6.04. The molecule has 3 N–H and O–H groups in total. The first-order chi connectivity index (χ1) is 14.2. The lowest BCUT2D eigenvalue weighted by Gasteiger charge is -2.23. The molecule has 2 aromatic rings. The predicted octanol–water partition coefficient (Wildman–Crippen LogP) is 3.40. The normalized spacial score (nSPS) is 15.8. The second-order valence-corrected chi connectivity index (χ2v) is 9.82. The number of halogens is 1. The van der Waals surface area contributed by atoms with Gasteiger partial charge in [0, 0.05) is 17.7 Å². The van der Waals surface area contributed by atoms with Gasteiger partial charge in [0.05, 0.1) is 31.9 Å². The van der Waals surface area contributed by atoms with E-state index in [0.29, 0.717) is 41.8 Å². The van der Waals surface area contributed by atoms with Crippen LogP contribution < -0.4 is 25.3 Å². The Kier molecular flexibility index (Phi) is 8.19. The molecular formula is C20H29ClN4O5S. The molecule has 1 aliphatic heterocycles. The molecule has 1 saturated heterocycles. The van der Waals surface area contributed by atoms with Crippen molar-refractivity contribution in [2.75, 3.05) is 36.8 Å². The van der Waals surface area contributed by atoms with Crippen molar-refractivity contribution in [2.24, 2.45) is 0 Å². The third-order valence-corrected chi connectivity index (χ3v) is 6.74. The molecule has 0 radical (unpaired) electrons. The Morgan fingerprint density at radius 3 is 2.23 bits per heavy atom. The van der Waals surface area contributed by atoms with Gasteiger partial charge in [-0.1, -0.05) is 13.8 Å².